The van der Waals surface area contributed by atoms with Gasteiger partial charge >= 0.3 is 0 Å². The van der Waals surface area contributed by atoms with Gasteiger partial charge in [-0.15, -0.1) is 0 Å². The maximum atomic E-state index is 13.8. The molecule has 6 aromatic rings. The highest BCUT2D eigenvalue weighted by Gasteiger charge is 2.28. The van der Waals surface area contributed by atoms with Crippen molar-refractivity contribution in [1.82, 2.24) is 19.7 Å². The molecule has 3 aromatic heterocycles. The smallest absolute Gasteiger partial charge is 0.293 e. The summed E-state index contributed by atoms with van der Waals surface area (Å²) in [6.07, 6.45) is 8.74. The summed E-state index contributed by atoms with van der Waals surface area (Å²) in [5.74, 6) is 0.527. The van der Waals surface area contributed by atoms with Crippen LogP contribution in [0.1, 0.15) is 47.6 Å². The summed E-state index contributed by atoms with van der Waals surface area (Å²) >= 11 is 0. The molecule has 0 spiro atoms. The third-order valence-electron chi connectivity index (χ3n) is 10.3. The molecule has 2 fully saturated rings. The van der Waals surface area contributed by atoms with Gasteiger partial charge in [-0.2, -0.15) is 0 Å². The van der Waals surface area contributed by atoms with Gasteiger partial charge in [0.15, 0.2) is 0 Å². The van der Waals surface area contributed by atoms with Crippen molar-refractivity contribution in [3.8, 4) is 22.6 Å². The molecule has 0 aliphatic carbocycles. The van der Waals surface area contributed by atoms with Gasteiger partial charge in [0.1, 0.15) is 28.7 Å². The molecule has 2 aliphatic heterocycles. The SMILES string of the molecule is O=C(NS(=O)(=O)c1ccc(NCC2CCOCC2)c([N+](=O)[O-])c1)c1ccc(-c2ccc(N3CCCC3c3ccccc3)nc2)cc1Oc1cnc2[nH]ccc2c1. The maximum absolute atomic E-state index is 13.8. The molecule has 2 saturated heterocycles. The molecule has 8 rings (SSSR count). The Morgan fingerprint density at radius 3 is 2.55 bits per heavy atom. The summed E-state index contributed by atoms with van der Waals surface area (Å²) in [6.45, 7) is 2.62. The minimum Gasteiger partial charge on any atom is -0.455 e. The van der Waals surface area contributed by atoms with Crippen molar-refractivity contribution in [2.24, 2.45) is 5.92 Å². The number of amides is 1. The van der Waals surface area contributed by atoms with Gasteiger partial charge in [0.2, 0.25) is 0 Å². The fraction of sp³-hybridized carbons (Fsp3) is 0.244. The molecule has 286 valence electrons. The average Bonchev–Trinajstić information content (AvgIpc) is 3.91. The van der Waals surface area contributed by atoms with Gasteiger partial charge in [0, 0.05) is 55.7 Å². The summed E-state index contributed by atoms with van der Waals surface area (Å²) in [4.78, 5) is 39.3. The van der Waals surface area contributed by atoms with Gasteiger partial charge < -0.3 is 24.7 Å². The van der Waals surface area contributed by atoms with Gasteiger partial charge in [0.05, 0.1) is 27.6 Å². The van der Waals surface area contributed by atoms with Crippen molar-refractivity contribution >= 4 is 44.2 Å². The number of nitro benzene ring substituents is 1. The molecule has 14 nitrogen and oxygen atoms in total. The third kappa shape index (κ3) is 7.90. The van der Waals surface area contributed by atoms with Crippen LogP contribution in [-0.2, 0) is 14.8 Å². The van der Waals surface area contributed by atoms with Crippen LogP contribution < -0.4 is 19.7 Å². The molecule has 3 aromatic carbocycles. The molecular formula is C41H39N7O7S. The highest BCUT2D eigenvalue weighted by Crippen LogP contribution is 2.37. The summed E-state index contributed by atoms with van der Waals surface area (Å²) in [6, 6.07) is 26.4. The second kappa shape index (κ2) is 15.8. The van der Waals surface area contributed by atoms with Crippen LogP contribution in [0.5, 0.6) is 11.5 Å². The van der Waals surface area contributed by atoms with Crippen LogP contribution in [0.2, 0.25) is 0 Å². The van der Waals surface area contributed by atoms with Gasteiger partial charge in [-0.1, -0.05) is 36.4 Å². The Kier molecular flexibility index (Phi) is 10.3. The third-order valence-corrected chi connectivity index (χ3v) is 11.6. The number of benzene rings is 3. The van der Waals surface area contributed by atoms with E-state index < -0.39 is 31.4 Å². The van der Waals surface area contributed by atoms with E-state index in [9.17, 15) is 23.3 Å². The lowest BCUT2D eigenvalue weighted by molar-refractivity contribution is -0.384. The predicted octanol–water partition coefficient (Wildman–Crippen LogP) is 7.62. The molecule has 2 aliphatic rings. The number of aromatic nitrogens is 3. The second-order valence-electron chi connectivity index (χ2n) is 13.9. The molecule has 15 heteroatoms. The van der Waals surface area contributed by atoms with Crippen molar-refractivity contribution in [3.05, 3.63) is 131 Å². The normalized spacial score (nSPS) is 16.1. The first kappa shape index (κ1) is 36.6. The van der Waals surface area contributed by atoms with E-state index in [0.717, 1.165) is 55.1 Å². The van der Waals surface area contributed by atoms with Crippen LogP contribution in [0, 0.1) is 16.0 Å². The Balaban J connectivity index is 1.06. The van der Waals surface area contributed by atoms with Crippen molar-refractivity contribution in [3.63, 3.8) is 0 Å². The van der Waals surface area contributed by atoms with E-state index in [1.165, 1.54) is 30.0 Å². The Morgan fingerprint density at radius 2 is 1.77 bits per heavy atom. The van der Waals surface area contributed by atoms with Crippen molar-refractivity contribution in [2.75, 3.05) is 36.5 Å². The van der Waals surface area contributed by atoms with E-state index in [1.54, 1.807) is 30.6 Å². The number of hydrogen-bond donors (Lipinski definition) is 3. The summed E-state index contributed by atoms with van der Waals surface area (Å²) in [7, 11) is -4.56. The highest BCUT2D eigenvalue weighted by atomic mass is 32.2. The standard InChI is InChI=1S/C41H39N7O7S/c49-41(46-56(52,53)33-10-12-35(37(23-33)48(50)51)43-24-27-15-19-54-20-16-27)34-11-8-29(22-38(34)55-32-21-30-14-17-42-40(30)45-26-32)31-9-13-39(44-25-31)47-18-4-7-36(47)28-5-2-1-3-6-28/h1-3,5-6,8-14,17,21-23,25-27,36,43H,4,7,15-16,18-20,24H2,(H,42,45)(H,46,49). The van der Waals surface area contributed by atoms with Gasteiger partial charge in [0.25, 0.3) is 21.6 Å². The first-order chi connectivity index (χ1) is 27.2. The molecule has 0 saturated carbocycles. The number of aromatic amines is 1. The number of hydrogen-bond acceptors (Lipinski definition) is 11. The van der Waals surface area contributed by atoms with Crippen molar-refractivity contribution in [2.45, 2.75) is 36.6 Å². The Hall–Kier alpha value is -6.32. The van der Waals surface area contributed by atoms with E-state index in [-0.39, 0.29) is 29.0 Å². The fourth-order valence-electron chi connectivity index (χ4n) is 7.29. The number of anilines is 2. The predicted molar refractivity (Wildman–Crippen MR) is 211 cm³/mol. The molecule has 56 heavy (non-hydrogen) atoms. The quantitative estimate of drug-likeness (QED) is 0.0822. The summed E-state index contributed by atoms with van der Waals surface area (Å²) in [5, 5.41) is 15.9. The monoisotopic (exact) mass is 773 g/mol. The number of nitro groups is 1. The van der Waals surface area contributed by atoms with Crippen LogP contribution in [0.4, 0.5) is 17.2 Å². The van der Waals surface area contributed by atoms with Crippen molar-refractivity contribution in [1.29, 1.82) is 0 Å². The van der Waals surface area contributed by atoms with E-state index in [4.69, 9.17) is 14.5 Å². The zero-order valence-electron chi connectivity index (χ0n) is 30.3. The number of nitrogens with one attached hydrogen (secondary N) is 3. The molecule has 0 radical (unpaired) electrons. The number of fused-ring (bicyclic) bond motifs is 1. The topological polar surface area (TPSA) is 182 Å². The van der Waals surface area contributed by atoms with Crippen LogP contribution in [0.3, 0.4) is 0 Å². The Morgan fingerprint density at radius 1 is 0.946 bits per heavy atom. The average molecular weight is 774 g/mol. The number of sulfonamides is 1. The lowest BCUT2D eigenvalue weighted by atomic mass is 10.0. The minimum atomic E-state index is -4.56. The number of rotatable bonds is 12. The minimum absolute atomic E-state index is 0.0679. The summed E-state index contributed by atoms with van der Waals surface area (Å²) < 4.78 is 40.9. The highest BCUT2D eigenvalue weighted by molar-refractivity contribution is 7.90. The summed E-state index contributed by atoms with van der Waals surface area (Å²) in [5.41, 5.74) is 3.00. The number of carbonyl (C=O) groups excluding carboxylic acids is 1. The molecule has 1 amide bonds. The second-order valence-corrected chi connectivity index (χ2v) is 15.6. The van der Waals surface area contributed by atoms with Crippen LogP contribution in [0.15, 0.2) is 114 Å². The molecular weight excluding hydrogens is 735 g/mol. The number of pyridine rings is 2. The molecule has 1 atom stereocenters. The molecule has 5 heterocycles. The lowest BCUT2D eigenvalue weighted by Gasteiger charge is -2.26. The van der Waals surface area contributed by atoms with Crippen molar-refractivity contribution < 1.29 is 27.6 Å². The molecule has 3 N–H and O–H groups in total. The first-order valence-corrected chi connectivity index (χ1v) is 19.9. The van der Waals surface area contributed by atoms with E-state index in [0.29, 0.717) is 36.7 Å². The zero-order chi connectivity index (χ0) is 38.6. The molecule has 0 bridgehead atoms. The lowest BCUT2D eigenvalue weighted by Crippen LogP contribution is -2.31. The first-order valence-electron chi connectivity index (χ1n) is 18.4. The van der Waals surface area contributed by atoms with Crippen LogP contribution >= 0.6 is 0 Å². The van der Waals surface area contributed by atoms with Crippen LogP contribution in [-0.4, -0.2) is 60.5 Å². The van der Waals surface area contributed by atoms with Gasteiger partial charge in [-0.3, -0.25) is 14.9 Å². The number of ether oxygens (including phenoxy) is 2. The number of H-pyrrole nitrogens is 1. The fourth-order valence-corrected chi connectivity index (χ4v) is 8.27. The Bertz CT molecular complexity index is 2490. The largest absolute Gasteiger partial charge is 0.455 e. The van der Waals surface area contributed by atoms with E-state index in [1.807, 2.05) is 36.4 Å². The maximum Gasteiger partial charge on any atom is 0.293 e. The molecule has 1 unspecified atom stereocenters. The number of nitrogens with zero attached hydrogens (tertiary/aromatic N) is 4. The van der Waals surface area contributed by atoms with E-state index in [2.05, 4.69) is 37.0 Å². The zero-order valence-corrected chi connectivity index (χ0v) is 31.1. The van der Waals surface area contributed by atoms with Crippen LogP contribution in [0.25, 0.3) is 22.2 Å². The van der Waals surface area contributed by atoms with Gasteiger partial charge in [-0.05, 0) is 91.3 Å². The number of carbonyl (C=O) groups is 1. The van der Waals surface area contributed by atoms with E-state index >= 15 is 0 Å². The Labute approximate surface area is 323 Å². The van der Waals surface area contributed by atoms with Gasteiger partial charge in [-0.25, -0.2) is 23.1 Å².